The van der Waals surface area contributed by atoms with Crippen molar-refractivity contribution in [2.24, 2.45) is 5.92 Å². The van der Waals surface area contributed by atoms with Crippen LogP contribution in [0, 0.1) is 12.8 Å². The van der Waals surface area contributed by atoms with Crippen LogP contribution >= 0.6 is 15.9 Å². The topological polar surface area (TPSA) is 46.5 Å². The SMILES string of the molecule is COc1cc(C)cc(CC(C)C(=O)O)c1Br. The van der Waals surface area contributed by atoms with Crippen molar-refractivity contribution in [1.29, 1.82) is 0 Å². The van der Waals surface area contributed by atoms with E-state index in [1.807, 2.05) is 19.1 Å². The Labute approximate surface area is 104 Å². The van der Waals surface area contributed by atoms with Crippen molar-refractivity contribution in [2.75, 3.05) is 7.11 Å². The average Bonchev–Trinajstić information content (AvgIpc) is 2.22. The lowest BCUT2D eigenvalue weighted by atomic mass is 9.99. The molecule has 88 valence electrons. The molecule has 3 nitrogen and oxygen atoms in total. The van der Waals surface area contributed by atoms with E-state index in [0.717, 1.165) is 21.3 Å². The molecular weight excluding hydrogens is 272 g/mol. The third-order valence-electron chi connectivity index (χ3n) is 2.43. The summed E-state index contributed by atoms with van der Waals surface area (Å²) >= 11 is 3.44. The minimum Gasteiger partial charge on any atom is -0.496 e. The molecule has 0 bridgehead atoms. The van der Waals surface area contributed by atoms with Gasteiger partial charge >= 0.3 is 5.97 Å². The predicted octanol–water partition coefficient (Wildman–Crippen LogP) is 3.03. The Morgan fingerprint density at radius 1 is 1.56 bits per heavy atom. The molecule has 4 heteroatoms. The number of methoxy groups -OCH3 is 1. The highest BCUT2D eigenvalue weighted by Crippen LogP contribution is 2.31. The van der Waals surface area contributed by atoms with Crippen molar-refractivity contribution in [1.82, 2.24) is 0 Å². The van der Waals surface area contributed by atoms with Crippen LogP contribution in [0.3, 0.4) is 0 Å². The van der Waals surface area contributed by atoms with Crippen molar-refractivity contribution in [3.63, 3.8) is 0 Å². The Kier molecular flexibility index (Phi) is 4.35. The summed E-state index contributed by atoms with van der Waals surface area (Å²) in [5.74, 6) is -0.442. The molecule has 0 spiro atoms. The maximum atomic E-state index is 10.8. The number of carbonyl (C=O) groups is 1. The highest BCUT2D eigenvalue weighted by atomic mass is 79.9. The molecule has 0 aromatic heterocycles. The highest BCUT2D eigenvalue weighted by Gasteiger charge is 2.15. The van der Waals surface area contributed by atoms with Crippen LogP contribution in [0.5, 0.6) is 5.75 Å². The second kappa shape index (κ2) is 5.34. The smallest absolute Gasteiger partial charge is 0.306 e. The average molecular weight is 287 g/mol. The third kappa shape index (κ3) is 2.98. The van der Waals surface area contributed by atoms with E-state index in [-0.39, 0.29) is 0 Å². The van der Waals surface area contributed by atoms with Crippen LogP contribution in [0.1, 0.15) is 18.1 Å². The molecule has 0 aliphatic heterocycles. The van der Waals surface area contributed by atoms with E-state index in [0.29, 0.717) is 6.42 Å². The van der Waals surface area contributed by atoms with Gasteiger partial charge in [0.25, 0.3) is 0 Å². The lowest BCUT2D eigenvalue weighted by Gasteiger charge is -2.12. The van der Waals surface area contributed by atoms with E-state index in [4.69, 9.17) is 9.84 Å². The van der Waals surface area contributed by atoms with E-state index >= 15 is 0 Å². The van der Waals surface area contributed by atoms with E-state index < -0.39 is 11.9 Å². The van der Waals surface area contributed by atoms with Crippen molar-refractivity contribution in [3.05, 3.63) is 27.7 Å². The molecule has 0 amide bonds. The fourth-order valence-electron chi connectivity index (χ4n) is 1.52. The Morgan fingerprint density at radius 3 is 2.69 bits per heavy atom. The number of benzene rings is 1. The number of carboxylic acid groups (broad SMARTS) is 1. The largest absolute Gasteiger partial charge is 0.496 e. The molecule has 1 aromatic carbocycles. The van der Waals surface area contributed by atoms with Gasteiger partial charge in [-0.2, -0.15) is 0 Å². The van der Waals surface area contributed by atoms with Gasteiger partial charge in [0.2, 0.25) is 0 Å². The minimum absolute atomic E-state index is 0.400. The van der Waals surface area contributed by atoms with Gasteiger partial charge < -0.3 is 9.84 Å². The quantitative estimate of drug-likeness (QED) is 0.926. The molecule has 1 unspecified atom stereocenters. The first kappa shape index (κ1) is 13.0. The fourth-order valence-corrected chi connectivity index (χ4v) is 2.08. The van der Waals surface area contributed by atoms with Gasteiger partial charge in [-0.3, -0.25) is 4.79 Å². The second-order valence-corrected chi connectivity index (χ2v) is 4.68. The molecule has 0 heterocycles. The van der Waals surface area contributed by atoms with Crippen LogP contribution in [-0.4, -0.2) is 18.2 Å². The van der Waals surface area contributed by atoms with Crippen LogP contribution in [0.15, 0.2) is 16.6 Å². The fraction of sp³-hybridized carbons (Fsp3) is 0.417. The number of halogens is 1. The molecule has 0 saturated carbocycles. The number of hydrogen-bond acceptors (Lipinski definition) is 2. The van der Waals surface area contributed by atoms with E-state index in [9.17, 15) is 4.79 Å². The summed E-state index contributed by atoms with van der Waals surface area (Å²) in [4.78, 5) is 10.8. The van der Waals surface area contributed by atoms with Crippen LogP contribution < -0.4 is 4.74 Å². The van der Waals surface area contributed by atoms with Crippen LogP contribution in [0.4, 0.5) is 0 Å². The zero-order valence-corrected chi connectivity index (χ0v) is 11.2. The summed E-state index contributed by atoms with van der Waals surface area (Å²) in [6, 6.07) is 3.89. The minimum atomic E-state index is -0.785. The summed E-state index contributed by atoms with van der Waals surface area (Å²) in [5, 5.41) is 8.88. The Morgan fingerprint density at radius 2 is 2.19 bits per heavy atom. The highest BCUT2D eigenvalue weighted by molar-refractivity contribution is 9.10. The zero-order chi connectivity index (χ0) is 12.3. The maximum absolute atomic E-state index is 10.8. The molecule has 1 aromatic rings. The van der Waals surface area contributed by atoms with Crippen molar-refractivity contribution in [2.45, 2.75) is 20.3 Å². The molecule has 0 aliphatic carbocycles. The van der Waals surface area contributed by atoms with Gasteiger partial charge in [0.05, 0.1) is 17.5 Å². The lowest BCUT2D eigenvalue weighted by Crippen LogP contribution is -2.12. The first-order valence-corrected chi connectivity index (χ1v) is 5.80. The van der Waals surface area contributed by atoms with Gasteiger partial charge in [-0.05, 0) is 46.5 Å². The van der Waals surface area contributed by atoms with Gasteiger partial charge in [0, 0.05) is 0 Å². The third-order valence-corrected chi connectivity index (χ3v) is 3.33. The Hall–Kier alpha value is -1.03. The molecule has 0 fully saturated rings. The zero-order valence-electron chi connectivity index (χ0n) is 9.58. The molecule has 0 radical (unpaired) electrons. The number of ether oxygens (including phenoxy) is 1. The standard InChI is InChI=1S/C12H15BrO3/c1-7-4-9(6-8(2)12(14)15)11(13)10(5-7)16-3/h4-5,8H,6H2,1-3H3,(H,14,15). The Balaban J connectivity index is 3.04. The van der Waals surface area contributed by atoms with Crippen molar-refractivity contribution < 1.29 is 14.6 Å². The van der Waals surface area contributed by atoms with Gasteiger partial charge in [-0.15, -0.1) is 0 Å². The van der Waals surface area contributed by atoms with Gasteiger partial charge in [-0.25, -0.2) is 0 Å². The lowest BCUT2D eigenvalue weighted by molar-refractivity contribution is -0.141. The van der Waals surface area contributed by atoms with E-state index in [2.05, 4.69) is 15.9 Å². The van der Waals surface area contributed by atoms with Gasteiger partial charge in [-0.1, -0.05) is 13.0 Å². The first-order chi connectivity index (χ1) is 7.45. The maximum Gasteiger partial charge on any atom is 0.306 e. The summed E-state index contributed by atoms with van der Waals surface area (Å²) in [6.45, 7) is 3.66. The van der Waals surface area contributed by atoms with Crippen LogP contribution in [0.2, 0.25) is 0 Å². The Bertz CT molecular complexity index is 401. The van der Waals surface area contributed by atoms with E-state index in [1.165, 1.54) is 0 Å². The molecular formula is C12H15BrO3. The summed E-state index contributed by atoms with van der Waals surface area (Å²) < 4.78 is 6.06. The molecule has 0 aliphatic rings. The molecule has 1 rings (SSSR count). The monoisotopic (exact) mass is 286 g/mol. The molecule has 1 atom stereocenters. The van der Waals surface area contributed by atoms with E-state index in [1.54, 1.807) is 14.0 Å². The number of carboxylic acids is 1. The molecule has 0 saturated heterocycles. The predicted molar refractivity (Wildman–Crippen MR) is 65.9 cm³/mol. The summed E-state index contributed by atoms with van der Waals surface area (Å²) in [6.07, 6.45) is 0.494. The summed E-state index contributed by atoms with van der Waals surface area (Å²) in [7, 11) is 1.60. The number of aryl methyl sites for hydroxylation is 1. The molecule has 16 heavy (non-hydrogen) atoms. The van der Waals surface area contributed by atoms with Gasteiger partial charge in [0.15, 0.2) is 0 Å². The first-order valence-electron chi connectivity index (χ1n) is 5.01. The summed E-state index contributed by atoms with van der Waals surface area (Å²) in [5.41, 5.74) is 2.03. The normalized spacial score (nSPS) is 12.2. The van der Waals surface area contributed by atoms with Gasteiger partial charge in [0.1, 0.15) is 5.75 Å². The van der Waals surface area contributed by atoms with Crippen LogP contribution in [0.25, 0.3) is 0 Å². The van der Waals surface area contributed by atoms with Crippen molar-refractivity contribution >= 4 is 21.9 Å². The number of aliphatic carboxylic acids is 1. The van der Waals surface area contributed by atoms with Crippen LogP contribution in [-0.2, 0) is 11.2 Å². The van der Waals surface area contributed by atoms with Crippen molar-refractivity contribution in [3.8, 4) is 5.75 Å². The number of hydrogen-bond donors (Lipinski definition) is 1. The number of rotatable bonds is 4. The molecule has 1 N–H and O–H groups in total. The second-order valence-electron chi connectivity index (χ2n) is 3.88.